The van der Waals surface area contributed by atoms with Crippen LogP contribution in [-0.2, 0) is 16.1 Å². The number of Topliss-reactive ketones (excluding diaryl/α,β-unsaturated/α-hetero) is 1. The summed E-state index contributed by atoms with van der Waals surface area (Å²) in [4.78, 5) is 31.4. The Labute approximate surface area is 188 Å². The number of rotatable bonds is 4. The van der Waals surface area contributed by atoms with E-state index in [2.05, 4.69) is 4.98 Å². The molecule has 1 unspecified atom stereocenters. The molecule has 0 aliphatic carbocycles. The van der Waals surface area contributed by atoms with Gasteiger partial charge in [0.1, 0.15) is 24.8 Å². The van der Waals surface area contributed by atoms with Crippen LogP contribution < -0.4 is 9.47 Å². The van der Waals surface area contributed by atoms with Crippen molar-refractivity contribution in [2.75, 3.05) is 13.2 Å². The van der Waals surface area contributed by atoms with E-state index in [1.54, 1.807) is 48.8 Å². The molecule has 33 heavy (non-hydrogen) atoms. The molecule has 1 saturated heterocycles. The average Bonchev–Trinajstić information content (AvgIpc) is 3.09. The molecule has 1 N–H and O–H groups in total. The smallest absolute Gasteiger partial charge is 0.295 e. The molecule has 2 aliphatic rings. The Bertz CT molecular complexity index is 1270. The zero-order valence-corrected chi connectivity index (χ0v) is 17.4. The third kappa shape index (κ3) is 3.69. The molecular formula is C25H19FN2O5. The van der Waals surface area contributed by atoms with Gasteiger partial charge in [-0.3, -0.25) is 14.6 Å². The summed E-state index contributed by atoms with van der Waals surface area (Å²) < 4.78 is 25.9. The molecule has 8 heteroatoms. The topological polar surface area (TPSA) is 89.0 Å². The summed E-state index contributed by atoms with van der Waals surface area (Å²) in [6.45, 7) is 0.804. The van der Waals surface area contributed by atoms with Crippen molar-refractivity contribution in [1.82, 2.24) is 9.88 Å². The van der Waals surface area contributed by atoms with Crippen LogP contribution in [0.5, 0.6) is 11.5 Å². The molecule has 3 aromatic rings. The van der Waals surface area contributed by atoms with E-state index in [1.165, 1.54) is 23.1 Å². The van der Waals surface area contributed by atoms with Crippen LogP contribution in [-0.4, -0.2) is 39.9 Å². The molecule has 2 aliphatic heterocycles. The molecule has 0 radical (unpaired) electrons. The second-order valence-electron chi connectivity index (χ2n) is 7.66. The number of likely N-dealkylation sites (tertiary alicyclic amines) is 1. The van der Waals surface area contributed by atoms with Gasteiger partial charge in [0.2, 0.25) is 0 Å². The van der Waals surface area contributed by atoms with E-state index < -0.39 is 29.3 Å². The number of halogens is 1. The van der Waals surface area contributed by atoms with Crippen LogP contribution in [0.15, 0.2) is 72.6 Å². The second-order valence-corrected chi connectivity index (χ2v) is 7.66. The Hall–Kier alpha value is -4.20. The summed E-state index contributed by atoms with van der Waals surface area (Å²) in [5, 5.41) is 11.2. The molecule has 0 spiro atoms. The summed E-state index contributed by atoms with van der Waals surface area (Å²) in [6.07, 6.45) is 3.14. The van der Waals surface area contributed by atoms with Crippen LogP contribution in [0.25, 0.3) is 5.76 Å². The lowest BCUT2D eigenvalue weighted by Gasteiger charge is -2.26. The van der Waals surface area contributed by atoms with Gasteiger partial charge in [0.05, 0.1) is 11.6 Å². The highest BCUT2D eigenvalue weighted by Gasteiger charge is 2.47. The van der Waals surface area contributed by atoms with Crippen molar-refractivity contribution in [3.8, 4) is 11.5 Å². The number of nitrogens with zero attached hydrogens (tertiary/aromatic N) is 2. The lowest BCUT2D eigenvalue weighted by molar-refractivity contribution is -0.140. The number of benzene rings is 2. The van der Waals surface area contributed by atoms with E-state index >= 15 is 0 Å². The fourth-order valence-corrected chi connectivity index (χ4v) is 4.09. The van der Waals surface area contributed by atoms with Crippen LogP contribution in [0.1, 0.15) is 22.7 Å². The van der Waals surface area contributed by atoms with Crippen LogP contribution in [0.2, 0.25) is 0 Å². The molecule has 1 atom stereocenters. The monoisotopic (exact) mass is 446 g/mol. The molecule has 5 rings (SSSR count). The highest BCUT2D eigenvalue weighted by Crippen LogP contribution is 2.42. The zero-order valence-electron chi connectivity index (χ0n) is 17.4. The van der Waals surface area contributed by atoms with Gasteiger partial charge in [-0.05, 0) is 42.0 Å². The van der Waals surface area contributed by atoms with Gasteiger partial charge >= 0.3 is 0 Å². The molecule has 7 nitrogen and oxygen atoms in total. The molecule has 1 amide bonds. The summed E-state index contributed by atoms with van der Waals surface area (Å²) in [5.74, 6) is -1.77. The molecule has 3 heterocycles. The fourth-order valence-electron chi connectivity index (χ4n) is 4.09. The van der Waals surface area contributed by atoms with Crippen molar-refractivity contribution < 1.29 is 28.6 Å². The number of hydrogen-bond acceptors (Lipinski definition) is 6. The van der Waals surface area contributed by atoms with Gasteiger partial charge in [0, 0.05) is 30.1 Å². The first kappa shape index (κ1) is 20.7. The van der Waals surface area contributed by atoms with Crippen molar-refractivity contribution >= 4 is 17.4 Å². The summed E-state index contributed by atoms with van der Waals surface area (Å²) in [7, 11) is 0. The van der Waals surface area contributed by atoms with Gasteiger partial charge in [0.15, 0.2) is 11.5 Å². The number of carbonyl (C=O) groups excluding carboxylic acids is 2. The molecule has 166 valence electrons. The Morgan fingerprint density at radius 2 is 1.76 bits per heavy atom. The second kappa shape index (κ2) is 8.38. The van der Waals surface area contributed by atoms with Crippen molar-refractivity contribution in [2.24, 2.45) is 0 Å². The van der Waals surface area contributed by atoms with E-state index in [-0.39, 0.29) is 23.2 Å². The maximum Gasteiger partial charge on any atom is 0.295 e. The highest BCUT2D eigenvalue weighted by molar-refractivity contribution is 6.46. The van der Waals surface area contributed by atoms with E-state index in [4.69, 9.17) is 9.47 Å². The number of carbonyl (C=O) groups is 2. The Morgan fingerprint density at radius 3 is 2.52 bits per heavy atom. The fraction of sp³-hybridized carbons (Fsp3) is 0.160. The minimum Gasteiger partial charge on any atom is -0.507 e. The number of ether oxygens (including phenoxy) is 2. The van der Waals surface area contributed by atoms with E-state index in [0.29, 0.717) is 30.3 Å². The molecule has 1 fully saturated rings. The van der Waals surface area contributed by atoms with Crippen LogP contribution >= 0.6 is 0 Å². The number of aliphatic hydroxyl groups excluding tert-OH is 1. The minimum atomic E-state index is -1.10. The predicted octanol–water partition coefficient (Wildman–Crippen LogP) is 3.61. The maximum atomic E-state index is 14.9. The number of pyridine rings is 1. The summed E-state index contributed by atoms with van der Waals surface area (Å²) in [6, 6.07) is 12.9. The third-order valence-electron chi connectivity index (χ3n) is 5.66. The van der Waals surface area contributed by atoms with Crippen LogP contribution in [0.4, 0.5) is 4.39 Å². The first-order chi connectivity index (χ1) is 16.0. The lowest BCUT2D eigenvalue weighted by Crippen LogP contribution is -2.29. The van der Waals surface area contributed by atoms with Crippen molar-refractivity contribution in [3.63, 3.8) is 0 Å². The number of aliphatic hydroxyl groups is 1. The molecule has 2 aromatic carbocycles. The summed E-state index contributed by atoms with van der Waals surface area (Å²) >= 11 is 0. The number of aromatic nitrogens is 1. The van der Waals surface area contributed by atoms with E-state index in [0.717, 1.165) is 0 Å². The van der Waals surface area contributed by atoms with Gasteiger partial charge in [0.25, 0.3) is 11.7 Å². The van der Waals surface area contributed by atoms with Crippen LogP contribution in [0.3, 0.4) is 0 Å². The molecule has 0 saturated carbocycles. The van der Waals surface area contributed by atoms with E-state index in [9.17, 15) is 19.1 Å². The number of fused-ring (bicyclic) bond motifs is 1. The molecule has 1 aromatic heterocycles. The average molecular weight is 446 g/mol. The predicted molar refractivity (Wildman–Crippen MR) is 116 cm³/mol. The first-order valence-electron chi connectivity index (χ1n) is 10.4. The van der Waals surface area contributed by atoms with Crippen molar-refractivity contribution in [3.05, 3.63) is 95.1 Å². The largest absolute Gasteiger partial charge is 0.507 e. The normalized spacial score (nSPS) is 19.1. The van der Waals surface area contributed by atoms with Crippen molar-refractivity contribution in [1.29, 1.82) is 0 Å². The number of amides is 1. The van der Waals surface area contributed by atoms with E-state index in [1.807, 2.05) is 0 Å². The Morgan fingerprint density at radius 1 is 1.03 bits per heavy atom. The standard InChI is InChI=1S/C25H19FN2O5/c26-18-4-2-1-3-17(18)22-21(23(29)16-5-6-19-20(13-16)33-12-11-32-19)24(30)25(31)28(22)14-15-7-9-27-10-8-15/h1-10,13,22,29H,11-12,14H2/b23-21-. The van der Waals surface area contributed by atoms with Gasteiger partial charge in [-0.2, -0.15) is 0 Å². The number of hydrogen-bond donors (Lipinski definition) is 1. The number of ketones is 1. The van der Waals surface area contributed by atoms with Gasteiger partial charge in [-0.1, -0.05) is 18.2 Å². The quantitative estimate of drug-likeness (QED) is 0.374. The van der Waals surface area contributed by atoms with Gasteiger partial charge in [-0.15, -0.1) is 0 Å². The highest BCUT2D eigenvalue weighted by atomic mass is 19.1. The first-order valence-corrected chi connectivity index (χ1v) is 10.4. The zero-order chi connectivity index (χ0) is 22.9. The third-order valence-corrected chi connectivity index (χ3v) is 5.66. The Balaban J connectivity index is 1.65. The molecular weight excluding hydrogens is 427 g/mol. The maximum absolute atomic E-state index is 14.9. The van der Waals surface area contributed by atoms with Gasteiger partial charge in [-0.25, -0.2) is 4.39 Å². The van der Waals surface area contributed by atoms with Crippen molar-refractivity contribution in [2.45, 2.75) is 12.6 Å². The van der Waals surface area contributed by atoms with Crippen LogP contribution in [0, 0.1) is 5.82 Å². The molecule has 0 bridgehead atoms. The van der Waals surface area contributed by atoms with Gasteiger partial charge < -0.3 is 19.5 Å². The minimum absolute atomic E-state index is 0.0456. The Kier molecular flexibility index (Phi) is 5.26. The SMILES string of the molecule is O=C1C(=O)N(Cc2ccncc2)C(c2ccccc2F)/C1=C(/O)c1ccc2c(c1)OCCO2. The summed E-state index contributed by atoms with van der Waals surface area (Å²) in [5.41, 5.74) is 0.913. The lowest BCUT2D eigenvalue weighted by atomic mass is 9.94.